The highest BCUT2D eigenvalue weighted by molar-refractivity contribution is 4.92. The Morgan fingerprint density at radius 2 is 1.45 bits per heavy atom. The smallest absolute Gasteiger partial charge is 0.187 e. The summed E-state index contributed by atoms with van der Waals surface area (Å²) in [6.45, 7) is 0.823. The Morgan fingerprint density at radius 1 is 0.818 bits per heavy atom. The lowest BCUT2D eigenvalue weighted by Gasteiger charge is -2.44. The van der Waals surface area contributed by atoms with E-state index in [9.17, 15) is 30.6 Å². The van der Waals surface area contributed by atoms with Crippen molar-refractivity contribution >= 4 is 0 Å². The zero-order valence-corrected chi connectivity index (χ0v) is 11.8. The Hall–Kier alpha value is -0.400. The van der Waals surface area contributed by atoms with Gasteiger partial charge in [-0.2, -0.15) is 0 Å². The zero-order valence-electron chi connectivity index (χ0n) is 11.8. The van der Waals surface area contributed by atoms with Crippen molar-refractivity contribution in [1.29, 1.82) is 0 Å². The number of hydrogen-bond donors (Lipinski definition) is 7. The van der Waals surface area contributed by atoms with Gasteiger partial charge in [0.25, 0.3) is 0 Å². The number of aliphatic hydroxyl groups excluding tert-OH is 7. The standard InChI is InChI=1S/C12H22O10/c1-3-5(14)7(16)9(18)12(20-3)22-10-8(17)6(15)4(2-13)21-11(10)19/h3-19H,2H2,1H3/t3-,4+,5-,6+,7+,8-,9+,10+,11?,12?/m0/s1. The molecule has 2 aliphatic rings. The fourth-order valence-electron chi connectivity index (χ4n) is 2.50. The van der Waals surface area contributed by atoms with E-state index in [2.05, 4.69) is 0 Å². The van der Waals surface area contributed by atoms with Gasteiger partial charge < -0.3 is 50.0 Å². The summed E-state index contributed by atoms with van der Waals surface area (Å²) in [5, 5.41) is 67.5. The van der Waals surface area contributed by atoms with Crippen molar-refractivity contribution in [2.24, 2.45) is 0 Å². The zero-order chi connectivity index (χ0) is 16.6. The van der Waals surface area contributed by atoms with Crippen LogP contribution in [0.5, 0.6) is 0 Å². The van der Waals surface area contributed by atoms with E-state index in [1.54, 1.807) is 0 Å². The molecule has 10 nitrogen and oxygen atoms in total. The van der Waals surface area contributed by atoms with Gasteiger partial charge in [-0.1, -0.05) is 0 Å². The van der Waals surface area contributed by atoms with Crippen molar-refractivity contribution in [3.05, 3.63) is 0 Å². The average Bonchev–Trinajstić information content (AvgIpc) is 2.49. The van der Waals surface area contributed by atoms with Gasteiger partial charge in [0, 0.05) is 0 Å². The first-order chi connectivity index (χ1) is 10.3. The molecular weight excluding hydrogens is 304 g/mol. The summed E-state index contributed by atoms with van der Waals surface area (Å²) in [5.41, 5.74) is 0. The molecule has 0 saturated carbocycles. The van der Waals surface area contributed by atoms with Gasteiger partial charge in [0.15, 0.2) is 12.6 Å². The lowest BCUT2D eigenvalue weighted by atomic mass is 9.97. The van der Waals surface area contributed by atoms with Gasteiger partial charge in [0.2, 0.25) is 0 Å². The van der Waals surface area contributed by atoms with Gasteiger partial charge in [-0.05, 0) is 6.92 Å². The molecule has 22 heavy (non-hydrogen) atoms. The molecule has 2 unspecified atom stereocenters. The highest BCUT2D eigenvalue weighted by Gasteiger charge is 2.49. The number of rotatable bonds is 3. The van der Waals surface area contributed by atoms with Gasteiger partial charge in [0.05, 0.1) is 12.7 Å². The molecule has 0 aromatic carbocycles. The number of hydrogen-bond acceptors (Lipinski definition) is 10. The van der Waals surface area contributed by atoms with Crippen LogP contribution >= 0.6 is 0 Å². The van der Waals surface area contributed by atoms with Crippen molar-refractivity contribution in [2.45, 2.75) is 68.3 Å². The quantitative estimate of drug-likeness (QED) is 0.269. The summed E-state index contributed by atoms with van der Waals surface area (Å²) in [4.78, 5) is 0. The predicted octanol–water partition coefficient (Wildman–Crippen LogP) is -4.37. The van der Waals surface area contributed by atoms with E-state index < -0.39 is 68.0 Å². The van der Waals surface area contributed by atoms with Crippen LogP contribution in [0.4, 0.5) is 0 Å². The van der Waals surface area contributed by atoms with Crippen LogP contribution in [0.15, 0.2) is 0 Å². The minimum Gasteiger partial charge on any atom is -0.394 e. The van der Waals surface area contributed by atoms with Gasteiger partial charge in [0.1, 0.15) is 42.7 Å². The van der Waals surface area contributed by atoms with Crippen molar-refractivity contribution in [3.63, 3.8) is 0 Å². The second-order valence-corrected chi connectivity index (χ2v) is 5.51. The summed E-state index contributed by atoms with van der Waals surface area (Å²) in [6.07, 6.45) is -14.3. The summed E-state index contributed by atoms with van der Waals surface area (Å²) < 4.78 is 15.3. The number of aliphatic hydroxyl groups is 7. The molecule has 0 aromatic rings. The maximum Gasteiger partial charge on any atom is 0.187 e. The molecule has 0 radical (unpaired) electrons. The molecule has 7 N–H and O–H groups in total. The minimum atomic E-state index is -1.69. The van der Waals surface area contributed by atoms with Gasteiger partial charge in [-0.3, -0.25) is 0 Å². The van der Waals surface area contributed by atoms with E-state index in [1.165, 1.54) is 6.92 Å². The fraction of sp³-hybridized carbons (Fsp3) is 1.00. The van der Waals surface area contributed by atoms with E-state index in [0.717, 1.165) is 0 Å². The molecule has 0 aromatic heterocycles. The monoisotopic (exact) mass is 326 g/mol. The van der Waals surface area contributed by atoms with E-state index >= 15 is 0 Å². The molecule has 2 saturated heterocycles. The van der Waals surface area contributed by atoms with E-state index in [0.29, 0.717) is 0 Å². The van der Waals surface area contributed by atoms with Crippen molar-refractivity contribution in [1.82, 2.24) is 0 Å². The molecule has 130 valence electrons. The van der Waals surface area contributed by atoms with Crippen LogP contribution in [0.1, 0.15) is 6.92 Å². The van der Waals surface area contributed by atoms with Gasteiger partial charge >= 0.3 is 0 Å². The molecule has 2 aliphatic heterocycles. The second kappa shape index (κ2) is 7.01. The molecule has 0 spiro atoms. The van der Waals surface area contributed by atoms with Crippen LogP contribution in [0.3, 0.4) is 0 Å². The fourth-order valence-corrected chi connectivity index (χ4v) is 2.50. The summed E-state index contributed by atoms with van der Waals surface area (Å²) in [6, 6.07) is 0. The molecule has 2 rings (SSSR count). The maximum absolute atomic E-state index is 9.93. The molecular formula is C12H22O10. The van der Waals surface area contributed by atoms with Gasteiger partial charge in [-0.15, -0.1) is 0 Å². The van der Waals surface area contributed by atoms with Crippen LogP contribution in [0, 0.1) is 0 Å². The van der Waals surface area contributed by atoms with E-state index in [-0.39, 0.29) is 0 Å². The SMILES string of the molecule is C[C@@H]1OC(O[C@H]2C(O)O[C@H](CO)[C@@H](O)[C@@H]2O)[C@H](O)[C@H](O)[C@H]1O. The van der Waals surface area contributed by atoms with E-state index in [1.807, 2.05) is 0 Å². The maximum atomic E-state index is 9.93. The van der Waals surface area contributed by atoms with Crippen LogP contribution in [-0.2, 0) is 14.2 Å². The number of ether oxygens (including phenoxy) is 3. The molecule has 0 aliphatic carbocycles. The average molecular weight is 326 g/mol. The van der Waals surface area contributed by atoms with Crippen LogP contribution in [-0.4, -0.2) is 104 Å². The summed E-state index contributed by atoms with van der Waals surface area (Å²) >= 11 is 0. The first kappa shape index (κ1) is 17.9. The third-order valence-corrected chi connectivity index (χ3v) is 3.94. The first-order valence-corrected chi connectivity index (χ1v) is 6.93. The highest BCUT2D eigenvalue weighted by Crippen LogP contribution is 2.28. The molecule has 0 amide bonds. The van der Waals surface area contributed by atoms with Crippen LogP contribution in [0.25, 0.3) is 0 Å². The normalized spacial score (nSPS) is 53.5. The van der Waals surface area contributed by atoms with Gasteiger partial charge in [-0.25, -0.2) is 0 Å². The van der Waals surface area contributed by atoms with Crippen molar-refractivity contribution in [2.75, 3.05) is 6.61 Å². The molecule has 10 atom stereocenters. The lowest BCUT2D eigenvalue weighted by Crippen LogP contribution is -2.63. The van der Waals surface area contributed by atoms with E-state index in [4.69, 9.17) is 19.3 Å². The van der Waals surface area contributed by atoms with Crippen molar-refractivity contribution in [3.8, 4) is 0 Å². The minimum absolute atomic E-state index is 0.619. The Labute approximate surface area is 126 Å². The third-order valence-electron chi connectivity index (χ3n) is 3.94. The Morgan fingerprint density at radius 3 is 2.05 bits per heavy atom. The van der Waals surface area contributed by atoms with Crippen LogP contribution < -0.4 is 0 Å². The van der Waals surface area contributed by atoms with Crippen LogP contribution in [0.2, 0.25) is 0 Å². The molecule has 2 heterocycles. The Kier molecular flexibility index (Phi) is 5.72. The largest absolute Gasteiger partial charge is 0.394 e. The Bertz CT molecular complexity index is 368. The third kappa shape index (κ3) is 3.26. The summed E-state index contributed by atoms with van der Waals surface area (Å²) in [5.74, 6) is 0. The Balaban J connectivity index is 2.06. The second-order valence-electron chi connectivity index (χ2n) is 5.51. The lowest BCUT2D eigenvalue weighted by molar-refractivity contribution is -0.358. The molecule has 10 heteroatoms. The highest BCUT2D eigenvalue weighted by atomic mass is 16.7. The molecule has 2 fully saturated rings. The first-order valence-electron chi connectivity index (χ1n) is 6.93. The topological polar surface area (TPSA) is 169 Å². The van der Waals surface area contributed by atoms with Crippen molar-refractivity contribution < 1.29 is 50.0 Å². The molecule has 0 bridgehead atoms. The summed E-state index contributed by atoms with van der Waals surface area (Å²) in [7, 11) is 0. The predicted molar refractivity (Wildman–Crippen MR) is 67.2 cm³/mol.